The van der Waals surface area contributed by atoms with E-state index in [9.17, 15) is 4.79 Å². The number of rotatable bonds is 6. The van der Waals surface area contributed by atoms with Crippen molar-refractivity contribution in [2.75, 3.05) is 0 Å². The molecule has 3 rings (SSSR count). The van der Waals surface area contributed by atoms with Gasteiger partial charge in [-0.3, -0.25) is 4.79 Å². The van der Waals surface area contributed by atoms with Gasteiger partial charge in [-0.15, -0.1) is 0 Å². The van der Waals surface area contributed by atoms with Crippen LogP contribution >= 0.6 is 0 Å². The molecule has 4 nitrogen and oxygen atoms in total. The van der Waals surface area contributed by atoms with E-state index in [1.165, 1.54) is 5.56 Å². The average molecular weight is 321 g/mol. The van der Waals surface area contributed by atoms with Crippen molar-refractivity contribution < 1.29 is 4.79 Å². The van der Waals surface area contributed by atoms with Crippen LogP contribution in [0.25, 0.3) is 11.0 Å². The maximum atomic E-state index is 12.0. The second-order valence-corrected chi connectivity index (χ2v) is 6.46. The monoisotopic (exact) mass is 321 g/mol. The number of fused-ring (bicyclic) bond motifs is 1. The fraction of sp³-hybridized carbons (Fsp3) is 0.300. The molecule has 0 saturated heterocycles. The molecule has 0 aliphatic rings. The third-order valence-corrected chi connectivity index (χ3v) is 3.95. The van der Waals surface area contributed by atoms with Gasteiger partial charge < -0.3 is 9.88 Å². The number of carbonyl (C=O) groups excluding carboxylic acids is 1. The Kier molecular flexibility index (Phi) is 4.94. The summed E-state index contributed by atoms with van der Waals surface area (Å²) < 4.78 is 2.18. The zero-order valence-corrected chi connectivity index (χ0v) is 14.2. The fourth-order valence-corrected chi connectivity index (χ4v) is 2.82. The standard InChI is InChI=1S/C20H23N3O/c1-15(2)12-20(24)21-13-19-22-17-10-6-7-11-18(17)23(19)14-16-8-4-3-5-9-16/h3-11,15H,12-14H2,1-2H3,(H,21,24). The Hall–Kier alpha value is -2.62. The van der Waals surface area contributed by atoms with Gasteiger partial charge in [0.2, 0.25) is 5.91 Å². The Morgan fingerprint density at radius 3 is 2.54 bits per heavy atom. The van der Waals surface area contributed by atoms with Gasteiger partial charge in [-0.05, 0) is 23.6 Å². The molecule has 0 spiro atoms. The van der Waals surface area contributed by atoms with Crippen LogP contribution in [-0.4, -0.2) is 15.5 Å². The number of para-hydroxylation sites is 2. The molecule has 124 valence electrons. The molecule has 0 unspecified atom stereocenters. The highest BCUT2D eigenvalue weighted by atomic mass is 16.1. The summed E-state index contributed by atoms with van der Waals surface area (Å²) in [5, 5.41) is 3.00. The molecule has 1 N–H and O–H groups in total. The van der Waals surface area contributed by atoms with Crippen LogP contribution < -0.4 is 5.32 Å². The third-order valence-electron chi connectivity index (χ3n) is 3.95. The van der Waals surface area contributed by atoms with E-state index in [1.54, 1.807) is 0 Å². The Morgan fingerprint density at radius 1 is 1.08 bits per heavy atom. The number of amides is 1. The van der Waals surface area contributed by atoms with Crippen molar-refractivity contribution >= 4 is 16.9 Å². The minimum atomic E-state index is 0.0725. The van der Waals surface area contributed by atoms with E-state index in [1.807, 2.05) is 50.2 Å². The quantitative estimate of drug-likeness (QED) is 0.751. The van der Waals surface area contributed by atoms with Crippen LogP contribution in [0.2, 0.25) is 0 Å². The molecule has 0 aliphatic carbocycles. The third kappa shape index (κ3) is 3.82. The molecule has 2 aromatic carbocycles. The molecule has 24 heavy (non-hydrogen) atoms. The zero-order chi connectivity index (χ0) is 16.9. The number of hydrogen-bond donors (Lipinski definition) is 1. The summed E-state index contributed by atoms with van der Waals surface area (Å²) >= 11 is 0. The molecule has 0 fully saturated rings. The Bertz CT molecular complexity index is 821. The van der Waals surface area contributed by atoms with Crippen molar-refractivity contribution in [2.45, 2.75) is 33.4 Å². The molecule has 3 aromatic rings. The predicted molar refractivity (Wildman–Crippen MR) is 96.6 cm³/mol. The van der Waals surface area contributed by atoms with Gasteiger partial charge in [-0.1, -0.05) is 56.3 Å². The van der Waals surface area contributed by atoms with Gasteiger partial charge >= 0.3 is 0 Å². The van der Waals surface area contributed by atoms with Gasteiger partial charge in [0.05, 0.1) is 17.6 Å². The van der Waals surface area contributed by atoms with E-state index in [4.69, 9.17) is 4.98 Å². The highest BCUT2D eigenvalue weighted by molar-refractivity contribution is 5.77. The predicted octanol–water partition coefficient (Wildman–Crippen LogP) is 3.75. The largest absolute Gasteiger partial charge is 0.349 e. The zero-order valence-electron chi connectivity index (χ0n) is 14.2. The van der Waals surface area contributed by atoms with Gasteiger partial charge in [0.15, 0.2) is 0 Å². The summed E-state index contributed by atoms with van der Waals surface area (Å²) in [6, 6.07) is 18.4. The van der Waals surface area contributed by atoms with Crippen LogP contribution in [0.4, 0.5) is 0 Å². The summed E-state index contributed by atoms with van der Waals surface area (Å²) in [6.45, 7) is 5.29. The van der Waals surface area contributed by atoms with Crippen LogP contribution in [-0.2, 0) is 17.9 Å². The summed E-state index contributed by atoms with van der Waals surface area (Å²) in [5.41, 5.74) is 3.27. The topological polar surface area (TPSA) is 46.9 Å². The first-order valence-corrected chi connectivity index (χ1v) is 8.38. The lowest BCUT2D eigenvalue weighted by Gasteiger charge is -2.11. The van der Waals surface area contributed by atoms with Gasteiger partial charge in [0.1, 0.15) is 5.82 Å². The number of hydrogen-bond acceptors (Lipinski definition) is 2. The Labute approximate surface area is 142 Å². The minimum absolute atomic E-state index is 0.0725. The number of carbonyl (C=O) groups is 1. The first kappa shape index (κ1) is 16.2. The van der Waals surface area contributed by atoms with E-state index in [-0.39, 0.29) is 5.91 Å². The molecule has 0 saturated carbocycles. The number of aromatic nitrogens is 2. The highest BCUT2D eigenvalue weighted by Crippen LogP contribution is 2.18. The van der Waals surface area contributed by atoms with Crippen LogP contribution in [0.1, 0.15) is 31.7 Å². The number of imidazole rings is 1. The molecule has 0 radical (unpaired) electrons. The summed E-state index contributed by atoms with van der Waals surface area (Å²) in [5.74, 6) is 1.31. The van der Waals surface area contributed by atoms with E-state index in [2.05, 4.69) is 28.1 Å². The minimum Gasteiger partial charge on any atom is -0.349 e. The van der Waals surface area contributed by atoms with Gasteiger partial charge in [0.25, 0.3) is 0 Å². The SMILES string of the molecule is CC(C)CC(=O)NCc1nc2ccccc2n1Cc1ccccc1. The first-order chi connectivity index (χ1) is 11.6. The normalized spacial score (nSPS) is 11.1. The van der Waals surface area contributed by atoms with Crippen LogP contribution in [0.5, 0.6) is 0 Å². The number of nitrogens with zero attached hydrogens (tertiary/aromatic N) is 2. The lowest BCUT2D eigenvalue weighted by atomic mass is 10.1. The maximum absolute atomic E-state index is 12.0. The van der Waals surface area contributed by atoms with Gasteiger partial charge in [-0.2, -0.15) is 0 Å². The molecule has 0 atom stereocenters. The smallest absolute Gasteiger partial charge is 0.220 e. The lowest BCUT2D eigenvalue weighted by molar-refractivity contribution is -0.122. The highest BCUT2D eigenvalue weighted by Gasteiger charge is 2.12. The summed E-state index contributed by atoms with van der Waals surface area (Å²) in [7, 11) is 0. The number of benzene rings is 2. The maximum Gasteiger partial charge on any atom is 0.220 e. The van der Waals surface area contributed by atoms with Gasteiger partial charge in [0, 0.05) is 13.0 Å². The molecule has 1 heterocycles. The second-order valence-electron chi connectivity index (χ2n) is 6.46. The molecule has 1 amide bonds. The lowest BCUT2D eigenvalue weighted by Crippen LogP contribution is -2.25. The molecule has 0 aliphatic heterocycles. The molecule has 4 heteroatoms. The average Bonchev–Trinajstić information content (AvgIpc) is 2.91. The van der Waals surface area contributed by atoms with Crippen molar-refractivity contribution in [1.82, 2.24) is 14.9 Å². The second kappa shape index (κ2) is 7.30. The Morgan fingerprint density at radius 2 is 1.79 bits per heavy atom. The van der Waals surface area contributed by atoms with Crippen molar-refractivity contribution in [3.63, 3.8) is 0 Å². The van der Waals surface area contributed by atoms with E-state index in [0.717, 1.165) is 23.4 Å². The van der Waals surface area contributed by atoms with Crippen LogP contribution in [0.15, 0.2) is 54.6 Å². The molecular weight excluding hydrogens is 298 g/mol. The fourth-order valence-electron chi connectivity index (χ4n) is 2.82. The van der Waals surface area contributed by atoms with Crippen molar-refractivity contribution in [2.24, 2.45) is 5.92 Å². The van der Waals surface area contributed by atoms with Crippen molar-refractivity contribution in [3.05, 3.63) is 66.0 Å². The molecule has 0 bridgehead atoms. The van der Waals surface area contributed by atoms with Crippen molar-refractivity contribution in [1.29, 1.82) is 0 Å². The Balaban J connectivity index is 1.86. The first-order valence-electron chi connectivity index (χ1n) is 8.38. The van der Waals surface area contributed by atoms with E-state index < -0.39 is 0 Å². The number of nitrogens with one attached hydrogen (secondary N) is 1. The summed E-state index contributed by atoms with van der Waals surface area (Å²) in [4.78, 5) is 16.7. The van der Waals surface area contributed by atoms with Crippen LogP contribution in [0.3, 0.4) is 0 Å². The van der Waals surface area contributed by atoms with E-state index >= 15 is 0 Å². The van der Waals surface area contributed by atoms with Crippen LogP contribution in [0, 0.1) is 5.92 Å². The van der Waals surface area contributed by atoms with E-state index in [0.29, 0.717) is 18.9 Å². The van der Waals surface area contributed by atoms with Crippen molar-refractivity contribution in [3.8, 4) is 0 Å². The summed E-state index contributed by atoms with van der Waals surface area (Å²) in [6.07, 6.45) is 0.541. The van der Waals surface area contributed by atoms with Gasteiger partial charge in [-0.25, -0.2) is 4.98 Å². The molecule has 1 aromatic heterocycles. The molecular formula is C20H23N3O.